The van der Waals surface area contributed by atoms with E-state index in [2.05, 4.69) is 9.97 Å². The summed E-state index contributed by atoms with van der Waals surface area (Å²) in [5.74, 6) is -1.43. The minimum absolute atomic E-state index is 0.0583. The predicted octanol–water partition coefficient (Wildman–Crippen LogP) is 3.25. The summed E-state index contributed by atoms with van der Waals surface area (Å²) in [6, 6.07) is 4.44. The van der Waals surface area contributed by atoms with Gasteiger partial charge in [-0.3, -0.25) is 0 Å². The van der Waals surface area contributed by atoms with Crippen molar-refractivity contribution in [2.24, 2.45) is 0 Å². The number of nitriles is 1. The van der Waals surface area contributed by atoms with E-state index in [0.717, 1.165) is 6.42 Å². The summed E-state index contributed by atoms with van der Waals surface area (Å²) in [6.45, 7) is 1.94. The van der Waals surface area contributed by atoms with Gasteiger partial charge in [0, 0.05) is 12.4 Å². The first-order valence-corrected chi connectivity index (χ1v) is 5.86. The van der Waals surface area contributed by atoms with E-state index in [9.17, 15) is 8.78 Å². The van der Waals surface area contributed by atoms with Gasteiger partial charge in [0.05, 0.1) is 11.1 Å². The maximum atomic E-state index is 13.9. The second kappa shape index (κ2) is 5.53. The highest BCUT2D eigenvalue weighted by Gasteiger charge is 2.15. The minimum atomic E-state index is -0.687. The number of aryl methyl sites for hydroxylation is 1. The Bertz CT molecular complexity index is 607. The molecule has 2 rings (SSSR count). The monoisotopic (exact) mass is 259 g/mol. The van der Waals surface area contributed by atoms with Gasteiger partial charge in [-0.05, 0) is 24.1 Å². The highest BCUT2D eigenvalue weighted by molar-refractivity contribution is 5.57. The molecule has 0 unspecified atom stereocenters. The van der Waals surface area contributed by atoms with E-state index in [1.54, 1.807) is 0 Å². The van der Waals surface area contributed by atoms with E-state index in [1.807, 2.05) is 13.0 Å². The van der Waals surface area contributed by atoms with Gasteiger partial charge < -0.3 is 0 Å². The van der Waals surface area contributed by atoms with Crippen LogP contribution in [0.4, 0.5) is 8.78 Å². The summed E-state index contributed by atoms with van der Waals surface area (Å²) in [7, 11) is 0. The fraction of sp³-hybridized carbons (Fsp3) is 0.214. The van der Waals surface area contributed by atoms with Crippen LogP contribution in [0.2, 0.25) is 0 Å². The number of nitrogens with zero attached hydrogens (tertiary/aromatic N) is 3. The molecular weight excluding hydrogens is 248 g/mol. The molecular formula is C14H11F2N3. The Kier molecular flexibility index (Phi) is 3.81. The Labute approximate surface area is 109 Å². The third kappa shape index (κ3) is 2.74. The van der Waals surface area contributed by atoms with Crippen molar-refractivity contribution < 1.29 is 8.78 Å². The number of benzene rings is 1. The standard InChI is InChI=1S/C14H11F2N3/c1-2-3-9-4-11(15)13(12(16)5-9)14-18-7-10(6-17)8-19-14/h4-5,7-8H,2-3H2,1H3. The van der Waals surface area contributed by atoms with Gasteiger partial charge in [-0.15, -0.1) is 0 Å². The van der Waals surface area contributed by atoms with Gasteiger partial charge in [-0.2, -0.15) is 5.26 Å². The number of rotatable bonds is 3. The van der Waals surface area contributed by atoms with Gasteiger partial charge in [-0.1, -0.05) is 13.3 Å². The topological polar surface area (TPSA) is 49.6 Å². The molecule has 1 heterocycles. The van der Waals surface area contributed by atoms with Crippen LogP contribution in [0.1, 0.15) is 24.5 Å². The second-order valence-corrected chi connectivity index (χ2v) is 4.09. The highest BCUT2D eigenvalue weighted by Crippen LogP contribution is 2.24. The lowest BCUT2D eigenvalue weighted by Crippen LogP contribution is -1.98. The highest BCUT2D eigenvalue weighted by atomic mass is 19.1. The van der Waals surface area contributed by atoms with Gasteiger partial charge in [-0.25, -0.2) is 18.7 Å². The molecule has 0 saturated carbocycles. The van der Waals surface area contributed by atoms with Gasteiger partial charge >= 0.3 is 0 Å². The normalized spacial score (nSPS) is 10.2. The van der Waals surface area contributed by atoms with Crippen LogP contribution in [0.3, 0.4) is 0 Å². The molecule has 0 bridgehead atoms. The van der Waals surface area contributed by atoms with Crippen LogP contribution in [0, 0.1) is 23.0 Å². The summed E-state index contributed by atoms with van der Waals surface area (Å²) >= 11 is 0. The van der Waals surface area contributed by atoms with Crippen LogP contribution in [0.15, 0.2) is 24.5 Å². The van der Waals surface area contributed by atoms with Gasteiger partial charge in [0.2, 0.25) is 0 Å². The SMILES string of the molecule is CCCc1cc(F)c(-c2ncc(C#N)cn2)c(F)c1. The van der Waals surface area contributed by atoms with E-state index < -0.39 is 11.6 Å². The molecule has 1 aromatic carbocycles. The van der Waals surface area contributed by atoms with E-state index in [-0.39, 0.29) is 17.0 Å². The van der Waals surface area contributed by atoms with Gasteiger partial charge in [0.1, 0.15) is 17.7 Å². The summed E-state index contributed by atoms with van der Waals surface area (Å²) in [4.78, 5) is 7.61. The van der Waals surface area contributed by atoms with Crippen molar-refractivity contribution in [2.75, 3.05) is 0 Å². The van der Waals surface area contributed by atoms with Crippen molar-refractivity contribution in [1.29, 1.82) is 5.26 Å². The van der Waals surface area contributed by atoms with Gasteiger partial charge in [0.25, 0.3) is 0 Å². The molecule has 96 valence electrons. The molecule has 5 heteroatoms. The predicted molar refractivity (Wildman–Crippen MR) is 66.1 cm³/mol. The van der Waals surface area contributed by atoms with E-state index in [0.29, 0.717) is 12.0 Å². The lowest BCUT2D eigenvalue weighted by atomic mass is 10.1. The van der Waals surface area contributed by atoms with Crippen molar-refractivity contribution >= 4 is 0 Å². The van der Waals surface area contributed by atoms with Crippen LogP contribution in [0.25, 0.3) is 11.4 Å². The molecule has 0 aliphatic rings. The van der Waals surface area contributed by atoms with Crippen LogP contribution >= 0.6 is 0 Å². The number of halogens is 2. The van der Waals surface area contributed by atoms with Crippen molar-refractivity contribution in [1.82, 2.24) is 9.97 Å². The molecule has 0 aliphatic heterocycles. The molecule has 0 atom stereocenters. The van der Waals surface area contributed by atoms with Crippen molar-refractivity contribution in [3.63, 3.8) is 0 Å². The molecule has 19 heavy (non-hydrogen) atoms. The maximum Gasteiger partial charge on any atom is 0.165 e. The van der Waals surface area contributed by atoms with Crippen LogP contribution < -0.4 is 0 Å². The quantitative estimate of drug-likeness (QED) is 0.850. The first-order valence-electron chi connectivity index (χ1n) is 5.86. The van der Waals surface area contributed by atoms with Gasteiger partial charge in [0.15, 0.2) is 5.82 Å². The Morgan fingerprint density at radius 2 is 1.74 bits per heavy atom. The number of hydrogen-bond donors (Lipinski definition) is 0. The first kappa shape index (κ1) is 13.1. The molecule has 0 amide bonds. The summed E-state index contributed by atoms with van der Waals surface area (Å²) in [6.07, 6.45) is 3.90. The smallest absolute Gasteiger partial charge is 0.165 e. The lowest BCUT2D eigenvalue weighted by Gasteiger charge is -2.06. The van der Waals surface area contributed by atoms with E-state index in [4.69, 9.17) is 5.26 Å². The number of aromatic nitrogens is 2. The zero-order valence-corrected chi connectivity index (χ0v) is 10.3. The minimum Gasteiger partial charge on any atom is -0.235 e. The fourth-order valence-corrected chi connectivity index (χ4v) is 1.79. The van der Waals surface area contributed by atoms with Crippen molar-refractivity contribution in [3.8, 4) is 17.5 Å². The lowest BCUT2D eigenvalue weighted by molar-refractivity contribution is 0.583. The molecule has 0 aliphatic carbocycles. The third-order valence-electron chi connectivity index (χ3n) is 2.65. The molecule has 0 saturated heterocycles. The Morgan fingerprint density at radius 3 is 2.21 bits per heavy atom. The largest absolute Gasteiger partial charge is 0.235 e. The Balaban J connectivity index is 2.47. The van der Waals surface area contributed by atoms with Crippen LogP contribution in [-0.2, 0) is 6.42 Å². The zero-order chi connectivity index (χ0) is 13.8. The first-order chi connectivity index (χ1) is 9.15. The van der Waals surface area contributed by atoms with Crippen LogP contribution in [-0.4, -0.2) is 9.97 Å². The molecule has 0 N–H and O–H groups in total. The average molecular weight is 259 g/mol. The molecule has 0 fully saturated rings. The van der Waals surface area contributed by atoms with E-state index >= 15 is 0 Å². The fourth-order valence-electron chi connectivity index (χ4n) is 1.79. The Hall–Kier alpha value is -2.35. The summed E-state index contributed by atoms with van der Waals surface area (Å²) < 4.78 is 27.8. The third-order valence-corrected chi connectivity index (χ3v) is 2.65. The molecule has 3 nitrogen and oxygen atoms in total. The molecule has 0 radical (unpaired) electrons. The Morgan fingerprint density at radius 1 is 1.16 bits per heavy atom. The summed E-state index contributed by atoms with van der Waals surface area (Å²) in [5.41, 5.74) is 0.589. The second-order valence-electron chi connectivity index (χ2n) is 4.09. The van der Waals surface area contributed by atoms with E-state index in [1.165, 1.54) is 24.5 Å². The number of hydrogen-bond acceptors (Lipinski definition) is 3. The van der Waals surface area contributed by atoms with Crippen molar-refractivity contribution in [2.45, 2.75) is 19.8 Å². The zero-order valence-electron chi connectivity index (χ0n) is 10.3. The summed E-state index contributed by atoms with van der Waals surface area (Å²) in [5, 5.41) is 8.63. The van der Waals surface area contributed by atoms with Crippen molar-refractivity contribution in [3.05, 3.63) is 47.3 Å². The molecule has 1 aromatic heterocycles. The molecule has 0 spiro atoms. The molecule has 2 aromatic rings. The van der Waals surface area contributed by atoms with Crippen LogP contribution in [0.5, 0.6) is 0 Å². The average Bonchev–Trinajstić information content (AvgIpc) is 2.39. The maximum absolute atomic E-state index is 13.9.